The maximum absolute atomic E-state index is 6.56. The molecule has 0 amide bonds. The summed E-state index contributed by atoms with van der Waals surface area (Å²) in [6.07, 6.45) is 0. The monoisotopic (exact) mass is 1660 g/mol. The van der Waals surface area contributed by atoms with E-state index in [1.54, 1.807) is 0 Å². The van der Waals surface area contributed by atoms with Crippen molar-refractivity contribution in [1.82, 2.24) is 56.1 Å². The number of para-hydroxylation sites is 15. The second-order valence-electron chi connectivity index (χ2n) is 33.9. The van der Waals surface area contributed by atoms with Crippen LogP contribution < -0.4 is 14.2 Å². The number of nitrogens with zero attached hydrogens (tertiary/aromatic N) is 12. The van der Waals surface area contributed by atoms with Crippen molar-refractivity contribution in [3.63, 3.8) is 0 Å². The van der Waals surface area contributed by atoms with Gasteiger partial charge in [0.1, 0.15) is 17.2 Å². The average molecular weight is 1660 g/mol. The van der Waals surface area contributed by atoms with Crippen LogP contribution in [0.4, 0.5) is 0 Å². The van der Waals surface area contributed by atoms with Gasteiger partial charge in [-0.2, -0.15) is 15.0 Å². The second kappa shape index (κ2) is 27.5. The topological polar surface area (TPSA) is 111 Å². The average Bonchev–Trinajstić information content (AvgIpc) is 1.57. The van der Waals surface area contributed by atoms with Crippen molar-refractivity contribution in [1.29, 1.82) is 0 Å². The number of imidazole rings is 3. The minimum absolute atomic E-state index is 0.629. The Hall–Kier alpha value is -17.4. The Kier molecular flexibility index (Phi) is 15.2. The minimum Gasteiger partial charge on any atom is -0.425 e. The summed E-state index contributed by atoms with van der Waals surface area (Å²) in [5.74, 6) is 2.56. The maximum Gasteiger partial charge on any atom is 0.303 e. The number of rotatable bonds is 6. The van der Waals surface area contributed by atoms with E-state index in [1.807, 2.05) is 48.5 Å². The lowest BCUT2D eigenvalue weighted by Gasteiger charge is -2.20. The van der Waals surface area contributed by atoms with Crippen LogP contribution in [0.15, 0.2) is 400 Å². The van der Waals surface area contributed by atoms with Gasteiger partial charge in [0.25, 0.3) is 0 Å². The van der Waals surface area contributed by atoms with E-state index in [0.29, 0.717) is 24.6 Å². The quantitative estimate of drug-likeness (QED) is 0.164. The van der Waals surface area contributed by atoms with Crippen molar-refractivity contribution in [2.75, 3.05) is 0 Å². The Bertz CT molecular complexity index is 9080. The van der Waals surface area contributed by atoms with Crippen LogP contribution in [0.3, 0.4) is 0 Å². The van der Waals surface area contributed by atoms with E-state index < -0.39 is 0 Å². The van der Waals surface area contributed by atoms with Crippen LogP contribution in [-0.2, 0) is 19.6 Å². The molecule has 0 saturated carbocycles. The molecule has 0 spiro atoms. The van der Waals surface area contributed by atoms with E-state index in [0.717, 1.165) is 131 Å². The molecule has 0 saturated heterocycles. The molecule has 30 rings (SSSR count). The SMILES string of the molecule is c1ccc2c(c1)nc1n2Cc2ccc(-n3c4ccc(-n5c6ccccc6c6ccccc65)cc4c4cc(-n5c6ccccc6c6ccccc65)ccc43)cc2O1.c1ccc2c(c1)nc1n2Cc2ccc(-n3c4ccccc4c4cc(-n5c6ccccc6c6ccccc65)ccc43)cc2O1.c1ccc2c(c1)nc1n2Cc2ccc(-n3c4ccccc4c4ccccc43)cc2O1. The Balaban J connectivity index is 0.000000102. The molecule has 18 aromatic carbocycles. The fourth-order valence-corrected chi connectivity index (χ4v) is 21.1. The standard InChI is InChI=1S/C50H31N5O.C38H24N4O.C26H17N3O/c1-6-16-42-35(11-1)36-12-2-7-17-43(36)53(42)32-23-25-46-39(27-32)40-28-33(54-44-18-8-3-13-37(44)38-14-4-9-19-45(38)54)24-26-47(40)55(46)34-22-21-31-30-52-48-20-10-5-15-41(48)51-50(52)56-49(31)29-34;1-5-13-32-27(9-1)28-10-2-6-14-33(28)41(32)25-19-20-35-30(21-25)29-11-3-7-15-34(29)42(35)26-18-17-24-23-40-36-16-8-4-12-31(36)39-38(40)43-37(24)22-26;1-4-10-22-19(7-1)20-8-2-5-11-23(20)29(22)18-14-13-17-16-28-24-12-6-3-9-21(24)27-26(28)30-25(17)15-18/h1-29H,30H2;1-22H,23H2;1-15H,16H2. The van der Waals surface area contributed by atoms with Crippen molar-refractivity contribution < 1.29 is 14.2 Å². The molecule has 0 N–H and O–H groups in total. The highest BCUT2D eigenvalue weighted by atomic mass is 16.5. The molecule has 3 aliphatic heterocycles. The Morgan fingerprint density at radius 2 is 0.341 bits per heavy atom. The number of ether oxygens (including phenoxy) is 3. The van der Waals surface area contributed by atoms with Crippen LogP contribution in [0.2, 0.25) is 0 Å². The molecule has 0 unspecified atom stereocenters. The first-order chi connectivity index (χ1) is 63.9. The van der Waals surface area contributed by atoms with Crippen LogP contribution >= 0.6 is 0 Å². The van der Waals surface area contributed by atoms with Gasteiger partial charge in [0.05, 0.1) is 119 Å². The zero-order chi connectivity index (χ0) is 84.2. The van der Waals surface area contributed by atoms with Crippen LogP contribution in [0.5, 0.6) is 35.3 Å². The van der Waals surface area contributed by atoms with E-state index in [1.165, 1.54) is 114 Å². The van der Waals surface area contributed by atoms with Crippen molar-refractivity contribution in [2.45, 2.75) is 19.6 Å². The van der Waals surface area contributed by atoms with E-state index in [9.17, 15) is 0 Å². The van der Waals surface area contributed by atoms with Gasteiger partial charge in [0, 0.05) is 134 Å². The largest absolute Gasteiger partial charge is 0.425 e. The lowest BCUT2D eigenvalue weighted by molar-refractivity contribution is 0.393. The zero-order valence-corrected chi connectivity index (χ0v) is 69.3. The Labute approximate surface area is 735 Å². The van der Waals surface area contributed by atoms with Crippen LogP contribution in [0.25, 0.3) is 198 Å². The first kappa shape index (κ1) is 71.0. The summed E-state index contributed by atoms with van der Waals surface area (Å²) < 4.78 is 39.9. The molecule has 15 nitrogen and oxygen atoms in total. The van der Waals surface area contributed by atoms with E-state index in [-0.39, 0.29) is 0 Å². The fourth-order valence-electron chi connectivity index (χ4n) is 21.1. The first-order valence-corrected chi connectivity index (χ1v) is 43.8. The molecule has 15 heteroatoms. The molecule has 606 valence electrons. The molecule has 0 atom stereocenters. The minimum atomic E-state index is 0.629. The van der Waals surface area contributed by atoms with Gasteiger partial charge in [-0.25, -0.2) is 0 Å². The van der Waals surface area contributed by atoms with Gasteiger partial charge in [-0.15, -0.1) is 0 Å². The molecule has 129 heavy (non-hydrogen) atoms. The number of benzene rings is 18. The van der Waals surface area contributed by atoms with E-state index in [4.69, 9.17) is 24.2 Å². The summed E-state index contributed by atoms with van der Waals surface area (Å²) in [6.45, 7) is 2.21. The fraction of sp³-hybridized carbons (Fsp3) is 0.0263. The highest BCUT2D eigenvalue weighted by molar-refractivity contribution is 6.16. The molecule has 0 radical (unpaired) electrons. The van der Waals surface area contributed by atoms with Gasteiger partial charge < -0.3 is 41.6 Å². The lowest BCUT2D eigenvalue weighted by atomic mass is 10.1. The summed E-state index contributed by atoms with van der Waals surface area (Å²) in [5.41, 5.74) is 30.4. The van der Waals surface area contributed by atoms with Gasteiger partial charge in [-0.3, -0.25) is 13.7 Å². The van der Waals surface area contributed by atoms with E-state index >= 15 is 0 Å². The van der Waals surface area contributed by atoms with Crippen LogP contribution in [0.1, 0.15) is 16.7 Å². The summed E-state index contributed by atoms with van der Waals surface area (Å²) in [6, 6.07) is 145. The van der Waals surface area contributed by atoms with Gasteiger partial charge in [-0.1, -0.05) is 218 Å². The molecule has 9 aromatic heterocycles. The maximum atomic E-state index is 6.56. The highest BCUT2D eigenvalue weighted by Gasteiger charge is 2.29. The molecular formula is C114H72N12O3. The molecule has 0 aliphatic carbocycles. The molecule has 0 fully saturated rings. The molecule has 3 aliphatic rings. The Morgan fingerprint density at radius 3 is 0.581 bits per heavy atom. The predicted molar refractivity (Wildman–Crippen MR) is 522 cm³/mol. The lowest BCUT2D eigenvalue weighted by Crippen LogP contribution is -2.10. The van der Waals surface area contributed by atoms with Gasteiger partial charge in [0.15, 0.2) is 0 Å². The summed E-state index contributed by atoms with van der Waals surface area (Å²) in [4.78, 5) is 14.3. The molecule has 12 heterocycles. The molecule has 0 bridgehead atoms. The Morgan fingerprint density at radius 1 is 0.163 bits per heavy atom. The predicted octanol–water partition coefficient (Wildman–Crippen LogP) is 28.2. The first-order valence-electron chi connectivity index (χ1n) is 43.8. The smallest absolute Gasteiger partial charge is 0.303 e. The van der Waals surface area contributed by atoms with Crippen molar-refractivity contribution in [3.05, 3.63) is 417 Å². The number of hydrogen-bond acceptors (Lipinski definition) is 6. The van der Waals surface area contributed by atoms with Crippen molar-refractivity contribution in [3.8, 4) is 69.4 Å². The zero-order valence-electron chi connectivity index (χ0n) is 69.3. The summed E-state index contributed by atoms with van der Waals surface area (Å²) >= 11 is 0. The molecule has 27 aromatic rings. The van der Waals surface area contributed by atoms with Gasteiger partial charge in [0.2, 0.25) is 0 Å². The van der Waals surface area contributed by atoms with Crippen LogP contribution in [0, 0.1) is 0 Å². The summed E-state index contributed by atoms with van der Waals surface area (Å²) in [5, 5.41) is 14.9. The normalized spacial score (nSPS) is 12.7. The third kappa shape index (κ3) is 10.7. The third-order valence-corrected chi connectivity index (χ3v) is 26.9. The highest BCUT2D eigenvalue weighted by Crippen LogP contribution is 2.47. The van der Waals surface area contributed by atoms with Gasteiger partial charge in [-0.05, 0) is 164 Å². The van der Waals surface area contributed by atoms with E-state index in [2.05, 4.69) is 398 Å². The number of hydrogen-bond donors (Lipinski definition) is 0. The molecular weight excluding hydrogens is 1590 g/mol. The third-order valence-electron chi connectivity index (χ3n) is 26.9. The summed E-state index contributed by atoms with van der Waals surface area (Å²) in [7, 11) is 0. The van der Waals surface area contributed by atoms with Crippen molar-refractivity contribution >= 4 is 164 Å². The number of aromatic nitrogens is 12. The number of fused-ring (bicyclic) bond motifs is 30. The second-order valence-corrected chi connectivity index (χ2v) is 33.9. The van der Waals surface area contributed by atoms with Crippen molar-refractivity contribution in [2.24, 2.45) is 0 Å². The van der Waals surface area contributed by atoms with Gasteiger partial charge >= 0.3 is 18.0 Å². The van der Waals surface area contributed by atoms with Crippen LogP contribution in [-0.4, -0.2) is 56.1 Å².